The summed E-state index contributed by atoms with van der Waals surface area (Å²) in [7, 11) is 1.87. The lowest BCUT2D eigenvalue weighted by atomic mass is 10.0. The van der Waals surface area contributed by atoms with Crippen molar-refractivity contribution in [2.75, 3.05) is 31.6 Å². The molecule has 1 aliphatic heterocycles. The van der Waals surface area contributed by atoms with E-state index in [-0.39, 0.29) is 11.4 Å². The number of anilines is 1. The Kier molecular flexibility index (Phi) is 3.88. The maximum absolute atomic E-state index is 14.1. The van der Waals surface area contributed by atoms with Crippen molar-refractivity contribution in [3.05, 3.63) is 29.6 Å². The van der Waals surface area contributed by atoms with E-state index in [1.165, 1.54) is 6.07 Å². The lowest BCUT2D eigenvalue weighted by Gasteiger charge is -2.40. The van der Waals surface area contributed by atoms with E-state index in [0.717, 1.165) is 12.1 Å². The molecule has 3 nitrogen and oxygen atoms in total. The third-order valence-corrected chi connectivity index (χ3v) is 3.18. The fourth-order valence-electron chi connectivity index (χ4n) is 2.45. The molecule has 18 heavy (non-hydrogen) atoms. The summed E-state index contributed by atoms with van der Waals surface area (Å²) in [5.74, 6) is -0.152. The highest BCUT2D eigenvalue weighted by Gasteiger charge is 2.29. The lowest BCUT2D eigenvalue weighted by Crippen LogP contribution is -2.49. The Bertz CT molecular complexity index is 420. The number of halogens is 1. The van der Waals surface area contributed by atoms with Crippen molar-refractivity contribution >= 4 is 5.69 Å². The zero-order valence-electron chi connectivity index (χ0n) is 11.3. The molecule has 1 fully saturated rings. The van der Waals surface area contributed by atoms with Crippen molar-refractivity contribution < 1.29 is 9.13 Å². The number of hydrogen-bond acceptors (Lipinski definition) is 3. The number of rotatable bonds is 3. The summed E-state index contributed by atoms with van der Waals surface area (Å²) in [5, 5.41) is 3.09. The van der Waals surface area contributed by atoms with Crippen LogP contribution in [0.25, 0.3) is 0 Å². The second kappa shape index (κ2) is 5.24. The van der Waals surface area contributed by atoms with Crippen molar-refractivity contribution in [2.45, 2.75) is 26.0 Å². The van der Waals surface area contributed by atoms with Crippen molar-refractivity contribution in [1.82, 2.24) is 5.32 Å². The second-order valence-electron chi connectivity index (χ2n) is 5.31. The van der Waals surface area contributed by atoms with E-state index in [1.54, 1.807) is 6.07 Å². The Balaban J connectivity index is 2.31. The number of para-hydroxylation sites is 1. The Morgan fingerprint density at radius 2 is 2.22 bits per heavy atom. The van der Waals surface area contributed by atoms with Crippen molar-refractivity contribution in [1.29, 1.82) is 0 Å². The molecular weight excluding hydrogens is 231 g/mol. The van der Waals surface area contributed by atoms with Gasteiger partial charge in [0.1, 0.15) is 5.82 Å². The minimum Gasteiger partial charge on any atom is -0.372 e. The Hall–Kier alpha value is -1.13. The van der Waals surface area contributed by atoms with Crippen LogP contribution in [-0.2, 0) is 11.3 Å². The van der Waals surface area contributed by atoms with Gasteiger partial charge in [-0.2, -0.15) is 0 Å². The fraction of sp³-hybridized carbons (Fsp3) is 0.571. The maximum atomic E-state index is 14.1. The molecule has 1 saturated heterocycles. The largest absolute Gasteiger partial charge is 0.372 e. The highest BCUT2D eigenvalue weighted by molar-refractivity contribution is 5.55. The first kappa shape index (κ1) is 13.3. The van der Waals surface area contributed by atoms with Gasteiger partial charge in [0.05, 0.1) is 17.9 Å². The second-order valence-corrected chi connectivity index (χ2v) is 5.31. The predicted octanol–water partition coefficient (Wildman–Crippen LogP) is 2.16. The van der Waals surface area contributed by atoms with E-state index in [4.69, 9.17) is 4.74 Å². The van der Waals surface area contributed by atoms with Crippen LogP contribution in [0.1, 0.15) is 19.4 Å². The van der Waals surface area contributed by atoms with Crippen molar-refractivity contribution in [3.8, 4) is 0 Å². The minimum atomic E-state index is -0.225. The molecule has 0 bridgehead atoms. The van der Waals surface area contributed by atoms with Crippen molar-refractivity contribution in [3.63, 3.8) is 0 Å². The zero-order valence-corrected chi connectivity index (χ0v) is 11.3. The maximum Gasteiger partial charge on any atom is 0.146 e. The molecule has 0 unspecified atom stereocenters. The van der Waals surface area contributed by atoms with Crippen LogP contribution >= 0.6 is 0 Å². The summed E-state index contributed by atoms with van der Waals surface area (Å²) >= 11 is 0. The summed E-state index contributed by atoms with van der Waals surface area (Å²) < 4.78 is 19.8. The average molecular weight is 252 g/mol. The lowest BCUT2D eigenvalue weighted by molar-refractivity contribution is -0.0278. The molecule has 0 spiro atoms. The summed E-state index contributed by atoms with van der Waals surface area (Å²) in [4.78, 5) is 2.09. The molecule has 1 N–H and O–H groups in total. The van der Waals surface area contributed by atoms with Gasteiger partial charge in [0.25, 0.3) is 0 Å². The quantitative estimate of drug-likeness (QED) is 0.892. The molecule has 0 saturated carbocycles. The first-order valence-electron chi connectivity index (χ1n) is 6.34. The number of nitrogens with zero attached hydrogens (tertiary/aromatic N) is 1. The number of benzene rings is 1. The molecule has 4 heteroatoms. The summed E-state index contributed by atoms with van der Waals surface area (Å²) in [5.41, 5.74) is 1.48. The molecule has 0 radical (unpaired) electrons. The van der Waals surface area contributed by atoms with Crippen LogP contribution in [0.3, 0.4) is 0 Å². The van der Waals surface area contributed by atoms with Gasteiger partial charge in [-0.3, -0.25) is 0 Å². The monoisotopic (exact) mass is 252 g/mol. The number of hydrogen-bond donors (Lipinski definition) is 1. The van der Waals surface area contributed by atoms with E-state index >= 15 is 0 Å². The van der Waals surface area contributed by atoms with Crippen LogP contribution in [0.4, 0.5) is 10.1 Å². The molecule has 1 aromatic rings. The van der Waals surface area contributed by atoms with E-state index < -0.39 is 0 Å². The summed E-state index contributed by atoms with van der Waals surface area (Å²) in [6.07, 6.45) is 0. The molecule has 0 aromatic heterocycles. The van der Waals surface area contributed by atoms with Crippen LogP contribution in [0.15, 0.2) is 18.2 Å². The van der Waals surface area contributed by atoms with Crippen LogP contribution in [0.2, 0.25) is 0 Å². The summed E-state index contributed by atoms with van der Waals surface area (Å²) in [6.45, 7) is 6.84. The first-order chi connectivity index (χ1) is 8.53. The van der Waals surface area contributed by atoms with Gasteiger partial charge in [0.15, 0.2) is 0 Å². The molecule has 1 aliphatic rings. The van der Waals surface area contributed by atoms with E-state index in [9.17, 15) is 4.39 Å². The molecule has 0 atom stereocenters. The molecule has 0 amide bonds. The highest BCUT2D eigenvalue weighted by atomic mass is 19.1. The van der Waals surface area contributed by atoms with Gasteiger partial charge in [-0.25, -0.2) is 4.39 Å². The van der Waals surface area contributed by atoms with Crippen LogP contribution < -0.4 is 10.2 Å². The van der Waals surface area contributed by atoms with Crippen LogP contribution in [0.5, 0.6) is 0 Å². The molecule has 100 valence electrons. The molecule has 0 aliphatic carbocycles. The van der Waals surface area contributed by atoms with E-state index in [1.807, 2.05) is 27.0 Å². The van der Waals surface area contributed by atoms with Gasteiger partial charge in [0.2, 0.25) is 0 Å². The van der Waals surface area contributed by atoms with Gasteiger partial charge < -0.3 is 15.0 Å². The predicted molar refractivity (Wildman–Crippen MR) is 71.4 cm³/mol. The molecule has 1 aromatic carbocycles. The summed E-state index contributed by atoms with van der Waals surface area (Å²) in [6, 6.07) is 5.26. The molecular formula is C14H21FN2O. The standard InChI is InChI=1S/C14H21FN2O/c1-14(2)10-17(7-8-18-14)13-11(9-16-3)5-4-6-12(13)15/h4-6,16H,7-10H2,1-3H3. The average Bonchev–Trinajstić information content (AvgIpc) is 2.28. The zero-order chi connectivity index (χ0) is 13.2. The third-order valence-electron chi connectivity index (χ3n) is 3.18. The molecule has 2 rings (SSSR count). The first-order valence-corrected chi connectivity index (χ1v) is 6.34. The minimum absolute atomic E-state index is 0.152. The highest BCUT2D eigenvalue weighted by Crippen LogP contribution is 2.28. The third kappa shape index (κ3) is 2.82. The number of morpholine rings is 1. The Labute approximate surface area is 108 Å². The SMILES string of the molecule is CNCc1cccc(F)c1N1CCOC(C)(C)C1. The fourth-order valence-corrected chi connectivity index (χ4v) is 2.45. The van der Waals surface area contributed by atoms with Gasteiger partial charge in [0, 0.05) is 19.6 Å². The van der Waals surface area contributed by atoms with Gasteiger partial charge in [-0.15, -0.1) is 0 Å². The Morgan fingerprint density at radius 1 is 1.44 bits per heavy atom. The van der Waals surface area contributed by atoms with E-state index in [0.29, 0.717) is 25.4 Å². The van der Waals surface area contributed by atoms with E-state index in [2.05, 4.69) is 10.2 Å². The smallest absolute Gasteiger partial charge is 0.146 e. The number of nitrogens with one attached hydrogen (secondary N) is 1. The number of ether oxygens (including phenoxy) is 1. The normalized spacial score (nSPS) is 19.0. The van der Waals surface area contributed by atoms with Crippen LogP contribution in [-0.4, -0.2) is 32.3 Å². The van der Waals surface area contributed by atoms with Gasteiger partial charge >= 0.3 is 0 Å². The van der Waals surface area contributed by atoms with Gasteiger partial charge in [-0.1, -0.05) is 12.1 Å². The van der Waals surface area contributed by atoms with Crippen molar-refractivity contribution in [2.24, 2.45) is 0 Å². The van der Waals surface area contributed by atoms with Gasteiger partial charge in [-0.05, 0) is 32.5 Å². The Morgan fingerprint density at radius 3 is 2.89 bits per heavy atom. The van der Waals surface area contributed by atoms with Crippen LogP contribution in [0, 0.1) is 5.82 Å². The molecule has 1 heterocycles. The topological polar surface area (TPSA) is 24.5 Å².